The Morgan fingerprint density at radius 3 is 2.87 bits per heavy atom. The quantitative estimate of drug-likeness (QED) is 0.742. The summed E-state index contributed by atoms with van der Waals surface area (Å²) in [4.78, 5) is 4.07. The number of nitrogen functional groups attached to an aromatic ring is 1. The summed E-state index contributed by atoms with van der Waals surface area (Å²) in [5.41, 5.74) is 7.34. The van der Waals surface area contributed by atoms with Crippen LogP contribution in [0.15, 0.2) is 28.8 Å². The first kappa shape index (κ1) is 9.51. The number of nitrogens with two attached hydrogens (primary N) is 1. The van der Waals surface area contributed by atoms with Gasteiger partial charge in [-0.05, 0) is 12.1 Å². The summed E-state index contributed by atoms with van der Waals surface area (Å²) in [5, 5.41) is 6.90. The summed E-state index contributed by atoms with van der Waals surface area (Å²) in [7, 11) is 0. The van der Waals surface area contributed by atoms with Crippen LogP contribution >= 0.6 is 0 Å². The van der Waals surface area contributed by atoms with Crippen LogP contribution in [0.1, 0.15) is 11.7 Å². The number of hydrogen-bond donors (Lipinski definition) is 2. The Labute approximate surface area is 87.3 Å². The van der Waals surface area contributed by atoms with Crippen molar-refractivity contribution in [2.75, 3.05) is 11.1 Å². The summed E-state index contributed by atoms with van der Waals surface area (Å²) in [5.74, 6) is 1.18. The fraction of sp³-hybridized carbons (Fsp3) is 0.200. The highest BCUT2D eigenvalue weighted by molar-refractivity contribution is 5.65. The lowest BCUT2D eigenvalue weighted by molar-refractivity contribution is 0.388. The van der Waals surface area contributed by atoms with Gasteiger partial charge in [0.1, 0.15) is 0 Å². The van der Waals surface area contributed by atoms with Gasteiger partial charge < -0.3 is 15.6 Å². The zero-order valence-electron chi connectivity index (χ0n) is 8.40. The number of benzene rings is 1. The molecule has 78 valence electrons. The van der Waals surface area contributed by atoms with Crippen LogP contribution in [0.25, 0.3) is 0 Å². The number of hydrogen-bond acceptors (Lipinski definition) is 5. The highest BCUT2D eigenvalue weighted by atomic mass is 16.5. The highest BCUT2D eigenvalue weighted by Crippen LogP contribution is 2.16. The van der Waals surface area contributed by atoms with Crippen LogP contribution in [-0.2, 0) is 6.54 Å². The number of nitrogens with one attached hydrogen (secondary N) is 1. The molecule has 0 unspecified atom stereocenters. The lowest BCUT2D eigenvalue weighted by Crippen LogP contribution is -2.03. The summed E-state index contributed by atoms with van der Waals surface area (Å²) in [6, 6.07) is 7.55. The second-order valence-electron chi connectivity index (χ2n) is 3.17. The van der Waals surface area contributed by atoms with Gasteiger partial charge in [0.15, 0.2) is 5.82 Å². The van der Waals surface area contributed by atoms with Gasteiger partial charge in [-0.1, -0.05) is 17.3 Å². The first-order valence-corrected chi connectivity index (χ1v) is 4.63. The molecule has 0 aliphatic carbocycles. The second kappa shape index (κ2) is 4.00. The summed E-state index contributed by atoms with van der Waals surface area (Å²) >= 11 is 0. The van der Waals surface area contributed by atoms with Crippen LogP contribution in [0.5, 0.6) is 0 Å². The van der Waals surface area contributed by atoms with Gasteiger partial charge in [-0.25, -0.2) is 0 Å². The van der Waals surface area contributed by atoms with Gasteiger partial charge >= 0.3 is 0 Å². The average Bonchev–Trinajstić information content (AvgIpc) is 2.63. The van der Waals surface area contributed by atoms with E-state index in [9.17, 15) is 0 Å². The lowest BCUT2D eigenvalue weighted by Gasteiger charge is -2.05. The van der Waals surface area contributed by atoms with E-state index in [4.69, 9.17) is 10.3 Å². The molecule has 0 bridgehead atoms. The predicted molar refractivity (Wildman–Crippen MR) is 57.2 cm³/mol. The third-order valence-electron chi connectivity index (χ3n) is 1.97. The van der Waals surface area contributed by atoms with E-state index < -0.39 is 0 Å². The van der Waals surface area contributed by atoms with Crippen molar-refractivity contribution in [3.05, 3.63) is 36.0 Å². The summed E-state index contributed by atoms with van der Waals surface area (Å²) < 4.78 is 4.85. The minimum absolute atomic E-state index is 0.506. The standard InChI is InChI=1S/C10H12N4O/c1-7-13-10(14-15-7)6-12-9-5-3-2-4-8(9)11/h2-5,12H,6,11H2,1H3. The van der Waals surface area contributed by atoms with Crippen molar-refractivity contribution >= 4 is 11.4 Å². The number of aromatic nitrogens is 2. The molecule has 1 aromatic heterocycles. The van der Waals surface area contributed by atoms with E-state index in [0.717, 1.165) is 5.69 Å². The zero-order chi connectivity index (χ0) is 10.7. The maximum absolute atomic E-state index is 5.76. The molecule has 0 saturated heterocycles. The molecule has 2 aromatic rings. The van der Waals surface area contributed by atoms with Crippen LogP contribution in [0.3, 0.4) is 0 Å². The Morgan fingerprint density at radius 2 is 2.20 bits per heavy atom. The van der Waals surface area contributed by atoms with Crippen LogP contribution in [0, 0.1) is 6.92 Å². The normalized spacial score (nSPS) is 10.2. The molecule has 1 aromatic carbocycles. The Hall–Kier alpha value is -2.04. The summed E-state index contributed by atoms with van der Waals surface area (Å²) in [6.45, 7) is 2.26. The number of rotatable bonds is 3. The Kier molecular flexibility index (Phi) is 2.53. The van der Waals surface area contributed by atoms with Crippen molar-refractivity contribution in [1.29, 1.82) is 0 Å². The maximum atomic E-state index is 5.76. The average molecular weight is 204 g/mol. The molecule has 15 heavy (non-hydrogen) atoms. The monoisotopic (exact) mass is 204 g/mol. The molecule has 3 N–H and O–H groups in total. The molecule has 0 atom stereocenters. The second-order valence-corrected chi connectivity index (χ2v) is 3.17. The van der Waals surface area contributed by atoms with Crippen LogP contribution < -0.4 is 11.1 Å². The first-order valence-electron chi connectivity index (χ1n) is 4.63. The van der Waals surface area contributed by atoms with Gasteiger partial charge in [0.05, 0.1) is 17.9 Å². The predicted octanol–water partition coefficient (Wildman–Crippen LogP) is 1.57. The molecule has 0 radical (unpaired) electrons. The number of nitrogens with zero attached hydrogens (tertiary/aromatic N) is 2. The minimum Gasteiger partial charge on any atom is -0.397 e. The third kappa shape index (κ3) is 2.25. The fourth-order valence-electron chi connectivity index (χ4n) is 1.25. The van der Waals surface area contributed by atoms with E-state index >= 15 is 0 Å². The van der Waals surface area contributed by atoms with Crippen molar-refractivity contribution in [2.45, 2.75) is 13.5 Å². The van der Waals surface area contributed by atoms with Gasteiger partial charge in [0.2, 0.25) is 5.89 Å². The molecule has 0 saturated carbocycles. The van der Waals surface area contributed by atoms with E-state index in [1.165, 1.54) is 0 Å². The van der Waals surface area contributed by atoms with Crippen molar-refractivity contribution in [3.63, 3.8) is 0 Å². The van der Waals surface area contributed by atoms with E-state index in [1.54, 1.807) is 6.92 Å². The Bertz CT molecular complexity index is 452. The van der Waals surface area contributed by atoms with E-state index in [1.807, 2.05) is 24.3 Å². The SMILES string of the molecule is Cc1nc(CNc2ccccc2N)no1. The minimum atomic E-state index is 0.506. The number of aryl methyl sites for hydroxylation is 1. The fourth-order valence-corrected chi connectivity index (χ4v) is 1.25. The zero-order valence-corrected chi connectivity index (χ0v) is 8.40. The molecular formula is C10H12N4O. The summed E-state index contributed by atoms with van der Waals surface area (Å²) in [6.07, 6.45) is 0. The van der Waals surface area contributed by atoms with Crippen LogP contribution in [0.2, 0.25) is 0 Å². The molecular weight excluding hydrogens is 192 g/mol. The van der Waals surface area contributed by atoms with Gasteiger partial charge in [-0.3, -0.25) is 0 Å². The molecule has 0 aliphatic rings. The van der Waals surface area contributed by atoms with Crippen LogP contribution in [0.4, 0.5) is 11.4 Å². The Morgan fingerprint density at radius 1 is 1.40 bits per heavy atom. The molecule has 1 heterocycles. The van der Waals surface area contributed by atoms with Gasteiger partial charge in [-0.15, -0.1) is 0 Å². The Balaban J connectivity index is 2.02. The maximum Gasteiger partial charge on any atom is 0.223 e. The van der Waals surface area contributed by atoms with Crippen LogP contribution in [-0.4, -0.2) is 10.1 Å². The smallest absolute Gasteiger partial charge is 0.223 e. The molecule has 2 rings (SSSR count). The molecule has 5 nitrogen and oxygen atoms in total. The van der Waals surface area contributed by atoms with Gasteiger partial charge in [0.25, 0.3) is 0 Å². The number of anilines is 2. The molecule has 0 aliphatic heterocycles. The van der Waals surface area contributed by atoms with Crippen molar-refractivity contribution in [1.82, 2.24) is 10.1 Å². The van der Waals surface area contributed by atoms with Gasteiger partial charge in [0, 0.05) is 6.92 Å². The largest absolute Gasteiger partial charge is 0.397 e. The molecule has 5 heteroatoms. The third-order valence-corrected chi connectivity index (χ3v) is 1.97. The van der Waals surface area contributed by atoms with Crippen molar-refractivity contribution in [2.24, 2.45) is 0 Å². The topological polar surface area (TPSA) is 77.0 Å². The molecule has 0 amide bonds. The van der Waals surface area contributed by atoms with E-state index in [0.29, 0.717) is 23.9 Å². The highest BCUT2D eigenvalue weighted by Gasteiger charge is 2.02. The molecule has 0 spiro atoms. The molecule has 0 fully saturated rings. The van der Waals surface area contributed by atoms with Gasteiger partial charge in [-0.2, -0.15) is 4.98 Å². The lowest BCUT2D eigenvalue weighted by atomic mass is 10.3. The van der Waals surface area contributed by atoms with Crippen molar-refractivity contribution < 1.29 is 4.52 Å². The van der Waals surface area contributed by atoms with E-state index in [2.05, 4.69) is 15.5 Å². The van der Waals surface area contributed by atoms with Crippen molar-refractivity contribution in [3.8, 4) is 0 Å². The van der Waals surface area contributed by atoms with E-state index in [-0.39, 0.29) is 0 Å². The number of para-hydroxylation sites is 2. The first-order chi connectivity index (χ1) is 7.25.